The fourth-order valence-electron chi connectivity index (χ4n) is 2.19. The van der Waals surface area contributed by atoms with Gasteiger partial charge in [-0.1, -0.05) is 36.0 Å². The van der Waals surface area contributed by atoms with E-state index in [0.717, 1.165) is 21.2 Å². The molecule has 0 fully saturated rings. The van der Waals surface area contributed by atoms with Crippen LogP contribution in [0.2, 0.25) is 0 Å². The Balaban J connectivity index is 1.90. The summed E-state index contributed by atoms with van der Waals surface area (Å²) in [6.07, 6.45) is 0.112. The van der Waals surface area contributed by atoms with Gasteiger partial charge in [0.2, 0.25) is 0 Å². The second-order valence-electron chi connectivity index (χ2n) is 5.16. The van der Waals surface area contributed by atoms with Crippen LogP contribution < -0.4 is 10.5 Å². The Morgan fingerprint density at radius 2 is 1.90 bits per heavy atom. The van der Waals surface area contributed by atoms with Gasteiger partial charge in [0, 0.05) is 15.8 Å². The summed E-state index contributed by atoms with van der Waals surface area (Å²) in [5, 5.41) is 2.28. The van der Waals surface area contributed by atoms with Crippen LogP contribution in [0.15, 0.2) is 58.5 Å². The van der Waals surface area contributed by atoms with E-state index in [4.69, 9.17) is 10.5 Å². The molecule has 0 amide bonds. The summed E-state index contributed by atoms with van der Waals surface area (Å²) in [6, 6.07) is 16.3. The number of ether oxygens (including phenoxy) is 1. The van der Waals surface area contributed by atoms with E-state index in [-0.39, 0.29) is 6.10 Å². The van der Waals surface area contributed by atoms with Gasteiger partial charge >= 0.3 is 0 Å². The fourth-order valence-corrected chi connectivity index (χ4v) is 3.13. The Bertz CT molecular complexity index is 731. The predicted octanol–water partition coefficient (Wildman–Crippen LogP) is 4.69. The maximum Gasteiger partial charge on any atom is 0.143 e. The van der Waals surface area contributed by atoms with Gasteiger partial charge in [0.15, 0.2) is 0 Å². The highest BCUT2D eigenvalue weighted by atomic mass is 32.2. The van der Waals surface area contributed by atoms with E-state index in [1.165, 1.54) is 5.39 Å². The highest BCUT2D eigenvalue weighted by Gasteiger charge is 2.10. The zero-order valence-corrected chi connectivity index (χ0v) is 12.9. The average Bonchev–Trinajstić information content (AvgIpc) is 2.85. The first kappa shape index (κ1) is 13.9. The molecule has 108 valence electrons. The molecule has 21 heavy (non-hydrogen) atoms. The molecule has 3 rings (SSSR count). The van der Waals surface area contributed by atoms with Crippen LogP contribution in [0, 0.1) is 0 Å². The van der Waals surface area contributed by atoms with Crippen molar-refractivity contribution in [3.63, 3.8) is 0 Å². The number of benzene rings is 2. The molecule has 0 radical (unpaired) electrons. The van der Waals surface area contributed by atoms with Crippen LogP contribution in [0.25, 0.3) is 10.9 Å². The van der Waals surface area contributed by atoms with E-state index in [2.05, 4.69) is 23.2 Å². The van der Waals surface area contributed by atoms with Crippen molar-refractivity contribution in [2.45, 2.75) is 29.9 Å². The number of para-hydroxylation sites is 2. The number of aromatic amines is 1. The van der Waals surface area contributed by atoms with E-state index < -0.39 is 0 Å². The third-order valence-electron chi connectivity index (χ3n) is 3.11. The third-order valence-corrected chi connectivity index (χ3v) is 4.13. The van der Waals surface area contributed by atoms with E-state index in [9.17, 15) is 0 Å². The number of rotatable bonds is 4. The molecule has 0 aliphatic carbocycles. The lowest BCUT2D eigenvalue weighted by atomic mass is 10.3. The normalized spacial score (nSPS) is 11.2. The standard InChI is InChI=1S/C17H18N2OS/c1-11(2)20-14-8-5-9-15(17(14)18)21-16-10-12-6-3-4-7-13(12)19-16/h3-11,19H,18H2,1-2H3. The van der Waals surface area contributed by atoms with Crippen LogP contribution in [-0.4, -0.2) is 11.1 Å². The monoisotopic (exact) mass is 298 g/mol. The zero-order chi connectivity index (χ0) is 14.8. The first-order valence-corrected chi connectivity index (χ1v) is 7.76. The van der Waals surface area contributed by atoms with Crippen molar-refractivity contribution < 1.29 is 4.74 Å². The molecule has 0 saturated carbocycles. The molecule has 4 heteroatoms. The van der Waals surface area contributed by atoms with E-state index in [1.54, 1.807) is 11.8 Å². The van der Waals surface area contributed by atoms with Crippen molar-refractivity contribution in [2.24, 2.45) is 0 Å². The summed E-state index contributed by atoms with van der Waals surface area (Å²) in [4.78, 5) is 4.40. The first-order valence-electron chi connectivity index (χ1n) is 6.94. The van der Waals surface area contributed by atoms with Crippen molar-refractivity contribution in [1.29, 1.82) is 0 Å². The largest absolute Gasteiger partial charge is 0.489 e. The lowest BCUT2D eigenvalue weighted by Gasteiger charge is -2.14. The average molecular weight is 298 g/mol. The van der Waals surface area contributed by atoms with Crippen LogP contribution in [-0.2, 0) is 0 Å². The topological polar surface area (TPSA) is 51.0 Å². The molecule has 0 saturated heterocycles. The summed E-state index contributed by atoms with van der Waals surface area (Å²) < 4.78 is 5.73. The quantitative estimate of drug-likeness (QED) is 0.687. The lowest BCUT2D eigenvalue weighted by molar-refractivity contribution is 0.243. The Hall–Kier alpha value is -2.07. The highest BCUT2D eigenvalue weighted by molar-refractivity contribution is 7.99. The summed E-state index contributed by atoms with van der Waals surface area (Å²) in [7, 11) is 0. The third kappa shape index (κ3) is 3.00. The van der Waals surface area contributed by atoms with E-state index in [1.807, 2.05) is 44.2 Å². The summed E-state index contributed by atoms with van der Waals surface area (Å²) in [5.74, 6) is 0.742. The summed E-state index contributed by atoms with van der Waals surface area (Å²) >= 11 is 1.62. The Morgan fingerprint density at radius 1 is 1.10 bits per heavy atom. The number of hydrogen-bond acceptors (Lipinski definition) is 3. The van der Waals surface area contributed by atoms with Gasteiger partial charge in [-0.15, -0.1) is 0 Å². The van der Waals surface area contributed by atoms with Gasteiger partial charge in [-0.05, 0) is 38.1 Å². The minimum absolute atomic E-state index is 0.112. The molecule has 0 unspecified atom stereocenters. The number of nitrogens with two attached hydrogens (primary N) is 1. The van der Waals surface area contributed by atoms with Crippen molar-refractivity contribution in [3.8, 4) is 5.75 Å². The van der Waals surface area contributed by atoms with Crippen molar-refractivity contribution >= 4 is 28.4 Å². The minimum Gasteiger partial charge on any atom is -0.489 e. The van der Waals surface area contributed by atoms with Gasteiger partial charge in [-0.3, -0.25) is 0 Å². The van der Waals surface area contributed by atoms with Gasteiger partial charge in [0.1, 0.15) is 5.75 Å². The molecule has 3 aromatic rings. The maximum absolute atomic E-state index is 6.21. The van der Waals surface area contributed by atoms with Gasteiger partial charge in [-0.25, -0.2) is 0 Å². The SMILES string of the molecule is CC(C)Oc1cccc(Sc2cc3ccccc3[nH]2)c1N. The Kier molecular flexibility index (Phi) is 3.80. The molecule has 1 heterocycles. The van der Waals surface area contributed by atoms with E-state index in [0.29, 0.717) is 5.69 Å². The highest BCUT2D eigenvalue weighted by Crippen LogP contribution is 2.37. The van der Waals surface area contributed by atoms with Gasteiger partial charge in [0.05, 0.1) is 16.8 Å². The molecule has 2 aromatic carbocycles. The Morgan fingerprint density at radius 3 is 2.67 bits per heavy atom. The first-order chi connectivity index (χ1) is 10.1. The summed E-state index contributed by atoms with van der Waals surface area (Å²) in [5.41, 5.74) is 8.04. The Labute approximate surface area is 128 Å². The van der Waals surface area contributed by atoms with Crippen LogP contribution in [0.1, 0.15) is 13.8 Å². The molecular formula is C17H18N2OS. The molecule has 3 N–H and O–H groups in total. The van der Waals surface area contributed by atoms with Gasteiger partial charge < -0.3 is 15.5 Å². The van der Waals surface area contributed by atoms with Gasteiger partial charge in [0.25, 0.3) is 0 Å². The van der Waals surface area contributed by atoms with E-state index >= 15 is 0 Å². The molecular weight excluding hydrogens is 280 g/mol. The fraction of sp³-hybridized carbons (Fsp3) is 0.176. The number of hydrogen-bond donors (Lipinski definition) is 2. The molecule has 0 spiro atoms. The second kappa shape index (κ2) is 5.74. The number of nitrogen functional groups attached to an aromatic ring is 1. The van der Waals surface area contributed by atoms with Crippen molar-refractivity contribution in [3.05, 3.63) is 48.5 Å². The summed E-state index contributed by atoms with van der Waals surface area (Å²) in [6.45, 7) is 3.99. The molecule has 1 aromatic heterocycles. The molecule has 0 atom stereocenters. The van der Waals surface area contributed by atoms with Crippen LogP contribution in [0.3, 0.4) is 0 Å². The van der Waals surface area contributed by atoms with Crippen LogP contribution >= 0.6 is 11.8 Å². The minimum atomic E-state index is 0.112. The van der Waals surface area contributed by atoms with Crippen molar-refractivity contribution in [1.82, 2.24) is 4.98 Å². The second-order valence-corrected chi connectivity index (χ2v) is 6.24. The van der Waals surface area contributed by atoms with Gasteiger partial charge in [-0.2, -0.15) is 0 Å². The van der Waals surface area contributed by atoms with Crippen LogP contribution in [0.5, 0.6) is 5.75 Å². The van der Waals surface area contributed by atoms with Crippen molar-refractivity contribution in [2.75, 3.05) is 5.73 Å². The molecule has 0 bridgehead atoms. The molecule has 3 nitrogen and oxygen atoms in total. The molecule has 0 aliphatic rings. The smallest absolute Gasteiger partial charge is 0.143 e. The zero-order valence-electron chi connectivity index (χ0n) is 12.1. The number of nitrogens with one attached hydrogen (secondary N) is 1. The molecule has 0 aliphatic heterocycles. The number of fused-ring (bicyclic) bond motifs is 1. The number of H-pyrrole nitrogens is 1. The maximum atomic E-state index is 6.21. The van der Waals surface area contributed by atoms with Crippen LogP contribution in [0.4, 0.5) is 5.69 Å². The number of anilines is 1. The predicted molar refractivity (Wildman–Crippen MR) is 89.0 cm³/mol. The number of aromatic nitrogens is 1. The lowest BCUT2D eigenvalue weighted by Crippen LogP contribution is -2.07.